The molecule has 0 aromatic carbocycles. The van der Waals surface area contributed by atoms with Crippen LogP contribution in [-0.2, 0) is 28.5 Å². The number of allylic oxidation sites excluding steroid dienone is 1. The summed E-state index contributed by atoms with van der Waals surface area (Å²) in [5, 5.41) is 14.7. The topological polar surface area (TPSA) is 115 Å². The number of hydrogen-bond donors (Lipinski definition) is 2. The first-order valence-corrected chi connectivity index (χ1v) is 11.6. The number of fused-ring (bicyclic) bond motifs is 3. The van der Waals surface area contributed by atoms with E-state index in [0.717, 1.165) is 11.3 Å². The summed E-state index contributed by atoms with van der Waals surface area (Å²) >= 11 is 0.803. The van der Waals surface area contributed by atoms with Crippen LogP contribution < -0.4 is 5.32 Å². The van der Waals surface area contributed by atoms with Crippen molar-refractivity contribution in [1.29, 1.82) is 0 Å². The number of carboxylic acid groups (broad SMARTS) is 1. The lowest BCUT2D eigenvalue weighted by Gasteiger charge is -2.37. The molecule has 8 nitrogen and oxygen atoms in total. The number of ether oxygens (including phenoxy) is 1. The van der Waals surface area contributed by atoms with Crippen molar-refractivity contribution in [2.24, 2.45) is 11.8 Å². The third-order valence-corrected chi connectivity index (χ3v) is 7.73. The van der Waals surface area contributed by atoms with Gasteiger partial charge in [-0.15, -0.1) is 11.3 Å². The zero-order valence-electron chi connectivity index (χ0n) is 17.9. The van der Waals surface area contributed by atoms with Crippen LogP contribution >= 0.6 is 11.3 Å². The van der Waals surface area contributed by atoms with Gasteiger partial charge in [-0.2, -0.15) is 18.2 Å². The largest absolute Gasteiger partial charge is 0.511 e. The molecule has 2 N–H and O–H groups in total. The van der Waals surface area contributed by atoms with Crippen LogP contribution in [0.4, 0.5) is 31.7 Å². The monoisotopic (exact) mass is 519 g/mol. The van der Waals surface area contributed by atoms with Gasteiger partial charge in [-0.1, -0.05) is 5.16 Å². The molecule has 2 heterocycles. The van der Waals surface area contributed by atoms with E-state index in [1.54, 1.807) is 0 Å². The van der Waals surface area contributed by atoms with Crippen LogP contribution in [0.1, 0.15) is 48.4 Å². The highest BCUT2D eigenvalue weighted by Gasteiger charge is 2.43. The number of anilines is 1. The zero-order valence-corrected chi connectivity index (χ0v) is 18.7. The van der Waals surface area contributed by atoms with Gasteiger partial charge in [0.25, 0.3) is 23.5 Å². The van der Waals surface area contributed by atoms with E-state index in [1.165, 1.54) is 0 Å². The number of nitrogens with one attached hydrogen (secondary N) is 1. The number of carbonyl (C=O) groups is 2. The first kappa shape index (κ1) is 23.7. The number of amides is 1. The summed E-state index contributed by atoms with van der Waals surface area (Å²) in [7, 11) is 0. The van der Waals surface area contributed by atoms with Crippen molar-refractivity contribution >= 4 is 28.4 Å². The second kappa shape index (κ2) is 8.28. The van der Waals surface area contributed by atoms with E-state index in [1.807, 2.05) is 0 Å². The zero-order chi connectivity index (χ0) is 25.1. The second-order valence-electron chi connectivity index (χ2n) is 8.81. The summed E-state index contributed by atoms with van der Waals surface area (Å²) in [6.07, 6.45) is -5.13. The van der Waals surface area contributed by atoms with E-state index in [2.05, 4.69) is 15.5 Å². The highest BCUT2D eigenvalue weighted by molar-refractivity contribution is 7.17. The van der Waals surface area contributed by atoms with Gasteiger partial charge in [0.05, 0.1) is 11.1 Å². The second-order valence-corrected chi connectivity index (χ2v) is 9.92. The third-order valence-electron chi connectivity index (χ3n) is 6.58. The first-order chi connectivity index (χ1) is 16.4. The van der Waals surface area contributed by atoms with E-state index in [9.17, 15) is 31.5 Å². The minimum atomic E-state index is -4.89. The molecule has 0 spiro atoms. The van der Waals surface area contributed by atoms with Crippen molar-refractivity contribution in [3.8, 4) is 11.5 Å². The Bertz CT molecular complexity index is 1230. The molecule has 4 aliphatic rings. The average Bonchev–Trinajstić information content (AvgIpc) is 3.37. The van der Waals surface area contributed by atoms with Crippen LogP contribution in [0, 0.1) is 11.8 Å². The molecular weight excluding hydrogens is 501 g/mol. The van der Waals surface area contributed by atoms with E-state index in [-0.39, 0.29) is 45.0 Å². The molecule has 35 heavy (non-hydrogen) atoms. The van der Waals surface area contributed by atoms with Gasteiger partial charge in [0, 0.05) is 23.6 Å². The molecule has 0 saturated heterocycles. The number of alkyl halides is 5. The number of thiophene rings is 1. The van der Waals surface area contributed by atoms with Crippen LogP contribution in [-0.4, -0.2) is 33.2 Å². The summed E-state index contributed by atoms with van der Waals surface area (Å²) in [6.45, 7) is 0. The highest BCUT2D eigenvalue weighted by Crippen LogP contribution is 2.49. The predicted molar refractivity (Wildman–Crippen MR) is 110 cm³/mol. The molecule has 0 unspecified atom stereocenters. The number of nitrogens with zero attached hydrogens (tertiary/aromatic N) is 2. The Hall–Kier alpha value is -3.03. The molecule has 1 amide bonds. The smallest absolute Gasteiger partial charge is 0.449 e. The van der Waals surface area contributed by atoms with Gasteiger partial charge in [-0.25, -0.2) is 13.6 Å². The summed E-state index contributed by atoms with van der Waals surface area (Å²) in [4.78, 5) is 28.1. The Kier molecular flexibility index (Phi) is 5.61. The molecule has 1 saturated carbocycles. The summed E-state index contributed by atoms with van der Waals surface area (Å²) in [5.41, 5.74) is 0.438. The number of halogens is 5. The van der Waals surface area contributed by atoms with Gasteiger partial charge in [0.15, 0.2) is 0 Å². The fraction of sp³-hybridized carbons (Fsp3) is 0.524. The van der Waals surface area contributed by atoms with E-state index < -0.39 is 48.7 Å². The fourth-order valence-electron chi connectivity index (χ4n) is 5.07. The molecule has 0 atom stereocenters. The Morgan fingerprint density at radius 3 is 2.49 bits per heavy atom. The number of aromatic nitrogens is 2. The quantitative estimate of drug-likeness (QED) is 0.396. The van der Waals surface area contributed by atoms with Crippen molar-refractivity contribution in [2.45, 2.75) is 57.0 Å². The molecule has 2 aromatic heterocycles. The van der Waals surface area contributed by atoms with Crippen molar-refractivity contribution in [1.82, 2.24) is 10.1 Å². The first-order valence-electron chi connectivity index (χ1n) is 10.8. The lowest BCUT2D eigenvalue weighted by atomic mass is 9.70. The van der Waals surface area contributed by atoms with E-state index in [0.29, 0.717) is 31.2 Å². The molecule has 1 fully saturated rings. The van der Waals surface area contributed by atoms with Crippen molar-refractivity contribution in [3.63, 3.8) is 0 Å². The summed E-state index contributed by atoms with van der Waals surface area (Å²) in [6, 6.07) is 0. The molecule has 2 bridgehead atoms. The van der Waals surface area contributed by atoms with Crippen LogP contribution in [0.15, 0.2) is 15.9 Å². The predicted octanol–water partition coefficient (Wildman–Crippen LogP) is 5.65. The normalized spacial score (nSPS) is 23.2. The Balaban J connectivity index is 1.56. The maximum atomic E-state index is 14.1. The lowest BCUT2D eigenvalue weighted by molar-refractivity contribution is -0.146. The summed E-state index contributed by atoms with van der Waals surface area (Å²) < 4.78 is 77.0. The van der Waals surface area contributed by atoms with Gasteiger partial charge in [0.1, 0.15) is 10.8 Å². The minimum absolute atomic E-state index is 0.0151. The van der Waals surface area contributed by atoms with Crippen molar-refractivity contribution < 1.29 is 45.9 Å². The lowest BCUT2D eigenvalue weighted by Crippen LogP contribution is -2.34. The molecule has 2 aromatic rings. The van der Waals surface area contributed by atoms with Crippen molar-refractivity contribution in [2.75, 3.05) is 5.32 Å². The molecule has 4 aliphatic carbocycles. The molecule has 0 aliphatic heterocycles. The standard InChI is InChI=1S/C21H18F5N3O5S/c22-20(23)6-5-10-11(7-20)35-17(13(10)16-28-18(29-34-16)21(24,25)26)27-15(30)12-8-1-3-9(4-2-8)14(12)33-19(31)32/h8-9H,1-7H2,(H,27,30)(H,31,32). The Morgan fingerprint density at radius 2 is 1.86 bits per heavy atom. The molecule has 6 rings (SSSR count). The third kappa shape index (κ3) is 4.39. The Morgan fingerprint density at radius 1 is 1.17 bits per heavy atom. The van der Waals surface area contributed by atoms with Crippen LogP contribution in [0.25, 0.3) is 11.5 Å². The average molecular weight is 519 g/mol. The Labute approximate surface area is 198 Å². The summed E-state index contributed by atoms with van der Waals surface area (Å²) in [5.74, 6) is -6.21. The highest BCUT2D eigenvalue weighted by atomic mass is 32.1. The molecule has 14 heteroatoms. The van der Waals surface area contributed by atoms with Gasteiger partial charge in [-0.05, 0) is 43.6 Å². The van der Waals surface area contributed by atoms with Gasteiger partial charge >= 0.3 is 12.3 Å². The minimum Gasteiger partial charge on any atom is -0.449 e. The van der Waals surface area contributed by atoms with Crippen LogP contribution in [0.2, 0.25) is 0 Å². The number of hydrogen-bond acceptors (Lipinski definition) is 7. The molecule has 188 valence electrons. The molecule has 0 radical (unpaired) electrons. The maximum Gasteiger partial charge on any atom is 0.511 e. The van der Waals surface area contributed by atoms with Gasteiger partial charge in [-0.3, -0.25) is 4.79 Å². The molecular formula is C21H18F5N3O5S. The van der Waals surface area contributed by atoms with Crippen LogP contribution in [0.3, 0.4) is 0 Å². The van der Waals surface area contributed by atoms with Crippen molar-refractivity contribution in [3.05, 3.63) is 27.6 Å². The van der Waals surface area contributed by atoms with Gasteiger partial charge in [0.2, 0.25) is 0 Å². The fourth-order valence-corrected chi connectivity index (χ4v) is 6.38. The maximum absolute atomic E-state index is 14.1. The SMILES string of the molecule is O=C(O)OC1=C(C(=O)Nc2sc3c(c2-c2nc(C(F)(F)F)no2)CCC(F)(F)C3)C2CCC1CC2. The van der Waals surface area contributed by atoms with Gasteiger partial charge < -0.3 is 19.7 Å². The van der Waals surface area contributed by atoms with Crippen LogP contribution in [0.5, 0.6) is 0 Å². The number of carbonyl (C=O) groups excluding carboxylic acids is 1. The van der Waals surface area contributed by atoms with E-state index in [4.69, 9.17) is 14.4 Å². The number of rotatable bonds is 4. The van der Waals surface area contributed by atoms with E-state index >= 15 is 0 Å².